The lowest BCUT2D eigenvalue weighted by Crippen LogP contribution is -2.47. The van der Waals surface area contributed by atoms with Crippen molar-refractivity contribution in [2.24, 2.45) is 5.92 Å². The van der Waals surface area contributed by atoms with Crippen LogP contribution in [0.2, 0.25) is 0 Å². The molecule has 2 N–H and O–H groups in total. The number of likely N-dealkylation sites (N-methyl/N-ethyl adjacent to an activating group) is 1. The van der Waals surface area contributed by atoms with Gasteiger partial charge >= 0.3 is 5.97 Å². The summed E-state index contributed by atoms with van der Waals surface area (Å²) in [6.45, 7) is 6.16. The van der Waals surface area contributed by atoms with Gasteiger partial charge in [-0.15, -0.1) is 0 Å². The Balaban J connectivity index is 1.37. The van der Waals surface area contributed by atoms with Crippen molar-refractivity contribution in [2.45, 2.75) is 56.6 Å². The predicted octanol–water partition coefficient (Wildman–Crippen LogP) is 4.82. The van der Waals surface area contributed by atoms with Crippen LogP contribution in [0.25, 0.3) is 11.1 Å². The van der Waals surface area contributed by atoms with Crippen molar-refractivity contribution in [3.63, 3.8) is 0 Å². The Morgan fingerprint density at radius 3 is 2.41 bits per heavy atom. The van der Waals surface area contributed by atoms with E-state index in [0.717, 1.165) is 29.6 Å². The smallest absolute Gasteiger partial charge is 0.338 e. The van der Waals surface area contributed by atoms with Gasteiger partial charge in [0.05, 0.1) is 23.2 Å². The highest BCUT2D eigenvalue weighted by Gasteiger charge is 2.29. The number of hydrogen-bond donors (Lipinski definition) is 2. The fraction of sp³-hybridized carbons (Fsp3) is 0.406. The van der Waals surface area contributed by atoms with Crippen LogP contribution in [0.15, 0.2) is 71.6 Å². The van der Waals surface area contributed by atoms with Gasteiger partial charge in [-0.2, -0.15) is 4.31 Å². The van der Waals surface area contributed by atoms with Crippen LogP contribution in [0.5, 0.6) is 0 Å². The molecular weight excluding hydrogens is 543 g/mol. The Kier molecular flexibility index (Phi) is 9.64. The Morgan fingerprint density at radius 2 is 1.76 bits per heavy atom. The molecule has 0 aliphatic heterocycles. The number of halogens is 1. The Labute approximate surface area is 242 Å². The van der Waals surface area contributed by atoms with E-state index in [1.165, 1.54) is 42.4 Å². The van der Waals surface area contributed by atoms with E-state index in [1.54, 1.807) is 19.1 Å². The highest BCUT2D eigenvalue weighted by Crippen LogP contribution is 2.32. The zero-order valence-corrected chi connectivity index (χ0v) is 24.9. The molecule has 1 atom stereocenters. The topological polar surface area (TPSA) is 95.9 Å². The van der Waals surface area contributed by atoms with E-state index >= 15 is 0 Å². The average Bonchev–Trinajstić information content (AvgIpc) is 3.33. The Hall–Kier alpha value is -3.11. The molecule has 4 rings (SSSR count). The second kappa shape index (κ2) is 12.8. The molecule has 0 amide bonds. The fourth-order valence-corrected chi connectivity index (χ4v) is 6.80. The second-order valence-electron chi connectivity index (χ2n) is 11.4. The number of sulfonamides is 1. The molecule has 0 fully saturated rings. The summed E-state index contributed by atoms with van der Waals surface area (Å²) in [5.74, 6) is -0.767. The molecule has 0 saturated carbocycles. The summed E-state index contributed by atoms with van der Waals surface area (Å²) in [7, 11) is -2.53. The van der Waals surface area contributed by atoms with Crippen LogP contribution in [0.3, 0.4) is 0 Å². The van der Waals surface area contributed by atoms with Crippen LogP contribution < -0.4 is 5.32 Å². The van der Waals surface area contributed by atoms with Crippen molar-refractivity contribution < 1.29 is 27.4 Å². The van der Waals surface area contributed by atoms with E-state index in [9.17, 15) is 22.7 Å². The average molecular weight is 583 g/mol. The van der Waals surface area contributed by atoms with Crippen molar-refractivity contribution in [3.05, 3.63) is 89.2 Å². The molecule has 0 radical (unpaired) electrons. The third-order valence-corrected chi connectivity index (χ3v) is 9.32. The maximum absolute atomic E-state index is 14.3. The molecule has 41 heavy (non-hydrogen) atoms. The first-order valence-electron chi connectivity index (χ1n) is 13.9. The summed E-state index contributed by atoms with van der Waals surface area (Å²) in [5.41, 5.74) is 3.41. The van der Waals surface area contributed by atoms with Gasteiger partial charge in [0.15, 0.2) is 0 Å². The second-order valence-corrected chi connectivity index (χ2v) is 13.5. The number of ether oxygens (including phenoxy) is 1. The number of β-amino-alcohol motifs (C(OH)–C–C–N with tert-alkyl or cyclic N) is 1. The molecule has 3 aromatic carbocycles. The highest BCUT2D eigenvalue weighted by atomic mass is 32.2. The fourth-order valence-electron chi connectivity index (χ4n) is 5.55. The number of carbonyl (C=O) groups is 1. The molecule has 0 spiro atoms. The van der Waals surface area contributed by atoms with Crippen LogP contribution in [0, 0.1) is 11.7 Å². The van der Waals surface area contributed by atoms with E-state index in [0.29, 0.717) is 17.0 Å². The first-order chi connectivity index (χ1) is 19.4. The third kappa shape index (κ3) is 7.80. The molecule has 0 bridgehead atoms. The number of nitrogens with zero attached hydrogens (tertiary/aromatic N) is 1. The Morgan fingerprint density at radius 1 is 1.07 bits per heavy atom. The predicted molar refractivity (Wildman–Crippen MR) is 158 cm³/mol. The van der Waals surface area contributed by atoms with Crippen LogP contribution in [-0.2, 0) is 27.6 Å². The number of rotatable bonds is 12. The molecule has 1 aliphatic rings. The number of carbonyl (C=O) groups excluding carboxylic acids is 1. The molecule has 0 saturated heterocycles. The monoisotopic (exact) mass is 582 g/mol. The first kappa shape index (κ1) is 30.8. The SMILES string of the molecule is CCOC(=O)c1cc(F)cc(-c2cccc(S(=O)(=O)N(C)C[C@H](O)CNC(C)(C)CC3Cc4ccccc4C3)c2)c1. The lowest BCUT2D eigenvalue weighted by molar-refractivity contribution is 0.0526. The largest absolute Gasteiger partial charge is 0.462 e. The summed E-state index contributed by atoms with van der Waals surface area (Å²) >= 11 is 0. The molecule has 3 aromatic rings. The number of aliphatic hydroxyl groups is 1. The van der Waals surface area contributed by atoms with E-state index in [4.69, 9.17) is 4.74 Å². The molecule has 220 valence electrons. The molecule has 0 aromatic heterocycles. The van der Waals surface area contributed by atoms with Gasteiger partial charge in [-0.1, -0.05) is 36.4 Å². The molecule has 1 aliphatic carbocycles. The standard InChI is InChI=1S/C32H39FN2O5S/c1-5-40-31(37)27-15-26(16-28(33)17-27)25-11-8-12-30(18-25)41(38,39)35(4)21-29(36)20-34-32(2,3)19-22-13-23-9-6-7-10-24(23)14-22/h6-12,15-18,22,29,34,36H,5,13-14,19-21H2,1-4H3/t29-/m1/s1. The third-order valence-electron chi connectivity index (χ3n) is 7.50. The van der Waals surface area contributed by atoms with Crippen molar-refractivity contribution in [2.75, 3.05) is 26.7 Å². The van der Waals surface area contributed by atoms with Gasteiger partial charge < -0.3 is 15.2 Å². The molecule has 0 heterocycles. The lowest BCUT2D eigenvalue weighted by Gasteiger charge is -2.31. The number of aliphatic hydroxyl groups excluding tert-OH is 1. The van der Waals surface area contributed by atoms with Crippen LogP contribution in [0.1, 0.15) is 48.7 Å². The quantitative estimate of drug-likeness (QED) is 0.297. The van der Waals surface area contributed by atoms with Crippen molar-refractivity contribution in [3.8, 4) is 11.1 Å². The van der Waals surface area contributed by atoms with Crippen molar-refractivity contribution >= 4 is 16.0 Å². The van der Waals surface area contributed by atoms with Gasteiger partial charge in [0.1, 0.15) is 5.82 Å². The number of benzene rings is 3. The van der Waals surface area contributed by atoms with Gasteiger partial charge in [-0.25, -0.2) is 17.6 Å². The molecular formula is C32H39FN2O5S. The number of fused-ring (bicyclic) bond motifs is 1. The highest BCUT2D eigenvalue weighted by molar-refractivity contribution is 7.89. The molecule has 7 nitrogen and oxygen atoms in total. The van der Waals surface area contributed by atoms with E-state index in [2.05, 4.69) is 43.4 Å². The first-order valence-corrected chi connectivity index (χ1v) is 15.4. The van der Waals surface area contributed by atoms with Gasteiger partial charge in [-0.05, 0) is 98.5 Å². The summed E-state index contributed by atoms with van der Waals surface area (Å²) in [6.07, 6.45) is 2.11. The normalized spacial score (nSPS) is 14.7. The summed E-state index contributed by atoms with van der Waals surface area (Å²) < 4.78 is 47.1. The van der Waals surface area contributed by atoms with Crippen LogP contribution in [-0.4, -0.2) is 62.2 Å². The van der Waals surface area contributed by atoms with Crippen LogP contribution >= 0.6 is 0 Å². The molecule has 9 heteroatoms. The number of nitrogens with one attached hydrogen (secondary N) is 1. The maximum Gasteiger partial charge on any atom is 0.338 e. The van der Waals surface area contributed by atoms with Crippen molar-refractivity contribution in [1.29, 1.82) is 0 Å². The van der Waals surface area contributed by atoms with Gasteiger partial charge in [0, 0.05) is 25.7 Å². The summed E-state index contributed by atoms with van der Waals surface area (Å²) in [4.78, 5) is 12.1. The van der Waals surface area contributed by atoms with Gasteiger partial charge in [0.2, 0.25) is 10.0 Å². The minimum atomic E-state index is -3.95. The summed E-state index contributed by atoms with van der Waals surface area (Å²) in [5, 5.41) is 14.2. The van der Waals surface area contributed by atoms with E-state index < -0.39 is 27.9 Å². The zero-order valence-electron chi connectivity index (χ0n) is 24.1. The van der Waals surface area contributed by atoms with E-state index in [1.807, 2.05) is 0 Å². The number of esters is 1. The molecule has 0 unspecified atom stereocenters. The number of hydrogen-bond acceptors (Lipinski definition) is 6. The lowest BCUT2D eigenvalue weighted by atomic mass is 9.88. The summed E-state index contributed by atoms with van der Waals surface area (Å²) in [6, 6.07) is 18.4. The van der Waals surface area contributed by atoms with E-state index in [-0.39, 0.29) is 35.7 Å². The minimum absolute atomic E-state index is 0.000680. The van der Waals surface area contributed by atoms with Crippen LogP contribution in [0.4, 0.5) is 4.39 Å². The van der Waals surface area contributed by atoms with Gasteiger partial charge in [0.25, 0.3) is 0 Å². The minimum Gasteiger partial charge on any atom is -0.462 e. The Bertz CT molecular complexity index is 1470. The maximum atomic E-state index is 14.3. The van der Waals surface area contributed by atoms with Crippen molar-refractivity contribution in [1.82, 2.24) is 9.62 Å². The van der Waals surface area contributed by atoms with Gasteiger partial charge in [-0.3, -0.25) is 0 Å². The zero-order chi connectivity index (χ0) is 29.8.